The van der Waals surface area contributed by atoms with Crippen LogP contribution >= 0.6 is 11.3 Å². The molecule has 0 spiro atoms. The number of piperidine rings is 1. The lowest BCUT2D eigenvalue weighted by Crippen LogP contribution is -2.40. The van der Waals surface area contributed by atoms with Gasteiger partial charge in [-0.25, -0.2) is 4.98 Å². The molecule has 1 aliphatic rings. The van der Waals surface area contributed by atoms with Gasteiger partial charge in [-0.1, -0.05) is 32.9 Å². The second-order valence-corrected chi connectivity index (χ2v) is 10.1. The molecule has 0 saturated carbocycles. The maximum absolute atomic E-state index is 12.8. The van der Waals surface area contributed by atoms with Crippen LogP contribution in [-0.2, 0) is 4.79 Å². The van der Waals surface area contributed by atoms with E-state index in [1.165, 1.54) is 0 Å². The highest BCUT2D eigenvalue weighted by atomic mass is 32.1. The third-order valence-corrected chi connectivity index (χ3v) is 7.43. The van der Waals surface area contributed by atoms with Gasteiger partial charge in [0.15, 0.2) is 0 Å². The minimum atomic E-state index is -0.238. The van der Waals surface area contributed by atoms with Crippen LogP contribution in [0.1, 0.15) is 57.3 Å². The van der Waals surface area contributed by atoms with Crippen molar-refractivity contribution in [2.45, 2.75) is 47.0 Å². The highest BCUT2D eigenvalue weighted by molar-refractivity contribution is 7.13. The lowest BCUT2D eigenvalue weighted by Gasteiger charge is -2.40. The number of aromatic nitrogens is 1. The molecule has 0 unspecified atom stereocenters. The summed E-state index contributed by atoms with van der Waals surface area (Å²) in [5.41, 5.74) is 8.94. The molecule has 3 aromatic rings. The molecule has 3 heterocycles. The third kappa shape index (κ3) is 7.07. The summed E-state index contributed by atoms with van der Waals surface area (Å²) in [7, 11) is 0. The molecule has 0 radical (unpaired) electrons. The van der Waals surface area contributed by atoms with E-state index in [4.69, 9.17) is 5.73 Å². The average molecular weight is 508 g/mol. The number of nitrogen functional groups attached to an aromatic ring is 1. The van der Waals surface area contributed by atoms with E-state index in [0.717, 1.165) is 48.6 Å². The molecule has 0 atom stereocenters. The number of hydrogen-bond acceptors (Lipinski definition) is 6. The SMILES string of the molecule is CC.CC(=O)NCCC1(C)CCN(c2ccc(C(=O)Nc3cc(-c4cccs4)ccc3N)cn2)CC1. The van der Waals surface area contributed by atoms with E-state index in [-0.39, 0.29) is 17.2 Å². The maximum Gasteiger partial charge on any atom is 0.257 e. The number of nitrogens with zero attached hydrogens (tertiary/aromatic N) is 2. The molecule has 4 rings (SSSR count). The fourth-order valence-corrected chi connectivity index (χ4v) is 4.95. The number of rotatable bonds is 7. The monoisotopic (exact) mass is 507 g/mol. The summed E-state index contributed by atoms with van der Waals surface area (Å²) in [5.74, 6) is 0.658. The zero-order valence-corrected chi connectivity index (χ0v) is 22.5. The number of nitrogens with two attached hydrogens (primary N) is 1. The molecule has 4 N–H and O–H groups in total. The largest absolute Gasteiger partial charge is 0.397 e. The summed E-state index contributed by atoms with van der Waals surface area (Å²) in [6, 6.07) is 13.4. The number of carbonyl (C=O) groups is 2. The molecule has 36 heavy (non-hydrogen) atoms. The first-order chi connectivity index (χ1) is 17.3. The normalized spacial score (nSPS) is 14.4. The topological polar surface area (TPSA) is 100 Å². The van der Waals surface area contributed by atoms with E-state index >= 15 is 0 Å². The predicted octanol–water partition coefficient (Wildman–Crippen LogP) is 5.80. The molecule has 1 aromatic carbocycles. The summed E-state index contributed by atoms with van der Waals surface area (Å²) in [6.45, 7) is 10.4. The minimum Gasteiger partial charge on any atom is -0.397 e. The molecule has 2 amide bonds. The first-order valence-electron chi connectivity index (χ1n) is 12.5. The molecule has 7 nitrogen and oxygen atoms in total. The summed E-state index contributed by atoms with van der Waals surface area (Å²) >= 11 is 1.64. The molecular formula is C28H37N5O2S. The molecule has 1 fully saturated rings. The van der Waals surface area contributed by atoms with Gasteiger partial charge < -0.3 is 21.3 Å². The van der Waals surface area contributed by atoms with Crippen LogP contribution in [0.15, 0.2) is 54.0 Å². The van der Waals surface area contributed by atoms with Crippen molar-refractivity contribution in [3.63, 3.8) is 0 Å². The van der Waals surface area contributed by atoms with Crippen molar-refractivity contribution in [3.8, 4) is 10.4 Å². The number of pyridine rings is 1. The van der Waals surface area contributed by atoms with Gasteiger partial charge in [-0.2, -0.15) is 0 Å². The Kier molecular flexibility index (Phi) is 9.47. The Morgan fingerprint density at radius 2 is 1.89 bits per heavy atom. The lowest BCUT2D eigenvalue weighted by molar-refractivity contribution is -0.119. The van der Waals surface area contributed by atoms with Gasteiger partial charge in [0.05, 0.1) is 16.9 Å². The van der Waals surface area contributed by atoms with E-state index in [9.17, 15) is 9.59 Å². The summed E-state index contributed by atoms with van der Waals surface area (Å²) in [5, 5.41) is 7.84. The van der Waals surface area contributed by atoms with Gasteiger partial charge in [0.25, 0.3) is 5.91 Å². The van der Waals surface area contributed by atoms with Crippen molar-refractivity contribution in [1.29, 1.82) is 0 Å². The quantitative estimate of drug-likeness (QED) is 0.351. The van der Waals surface area contributed by atoms with E-state index < -0.39 is 0 Å². The van der Waals surface area contributed by atoms with Crippen molar-refractivity contribution in [2.75, 3.05) is 35.6 Å². The van der Waals surface area contributed by atoms with Crippen LogP contribution in [0, 0.1) is 5.41 Å². The van der Waals surface area contributed by atoms with Gasteiger partial charge in [0.2, 0.25) is 5.91 Å². The highest BCUT2D eigenvalue weighted by Crippen LogP contribution is 2.35. The number of nitrogens with one attached hydrogen (secondary N) is 2. The number of thiophene rings is 1. The van der Waals surface area contributed by atoms with Crippen LogP contribution in [-0.4, -0.2) is 36.4 Å². The van der Waals surface area contributed by atoms with E-state index in [2.05, 4.69) is 27.4 Å². The number of benzene rings is 1. The summed E-state index contributed by atoms with van der Waals surface area (Å²) in [6.07, 6.45) is 4.67. The van der Waals surface area contributed by atoms with Gasteiger partial charge in [-0.15, -0.1) is 11.3 Å². The Morgan fingerprint density at radius 3 is 2.50 bits per heavy atom. The fourth-order valence-electron chi connectivity index (χ4n) is 4.23. The van der Waals surface area contributed by atoms with Gasteiger partial charge in [-0.05, 0) is 66.0 Å². The Bertz CT molecular complexity index is 1140. The van der Waals surface area contributed by atoms with Crippen LogP contribution in [0.2, 0.25) is 0 Å². The maximum atomic E-state index is 12.8. The Balaban J connectivity index is 0.00000176. The van der Waals surface area contributed by atoms with Crippen LogP contribution in [0.3, 0.4) is 0 Å². The standard InChI is InChI=1S/C26H31N5O2S.C2H6/c1-18(32)28-12-9-26(2)10-13-31(14-11-26)24-8-6-20(17-29-24)25(33)30-22-16-19(5-7-21(22)27)23-4-3-15-34-23;1-2/h3-8,15-17H,9-14,27H2,1-2H3,(H,28,32)(H,30,33);1-2H3. The Hall–Kier alpha value is -3.39. The number of amides is 2. The number of carbonyl (C=O) groups excluding carboxylic acids is 2. The van der Waals surface area contributed by atoms with Crippen LogP contribution in [0.25, 0.3) is 10.4 Å². The zero-order valence-electron chi connectivity index (χ0n) is 21.6. The van der Waals surface area contributed by atoms with Crippen molar-refractivity contribution in [2.24, 2.45) is 5.41 Å². The Morgan fingerprint density at radius 1 is 1.14 bits per heavy atom. The molecule has 2 aromatic heterocycles. The highest BCUT2D eigenvalue weighted by Gasteiger charge is 2.30. The first-order valence-corrected chi connectivity index (χ1v) is 13.4. The van der Waals surface area contributed by atoms with Crippen molar-refractivity contribution < 1.29 is 9.59 Å². The number of hydrogen-bond donors (Lipinski definition) is 3. The van der Waals surface area contributed by atoms with Crippen LogP contribution in [0.5, 0.6) is 0 Å². The van der Waals surface area contributed by atoms with Crippen molar-refractivity contribution in [3.05, 3.63) is 59.6 Å². The Labute approximate surface area is 218 Å². The third-order valence-electron chi connectivity index (χ3n) is 6.51. The number of anilines is 3. The minimum absolute atomic E-state index is 0.0206. The second kappa shape index (κ2) is 12.5. The van der Waals surface area contributed by atoms with E-state index in [0.29, 0.717) is 23.5 Å². The van der Waals surface area contributed by atoms with Crippen molar-refractivity contribution in [1.82, 2.24) is 10.3 Å². The summed E-state index contributed by atoms with van der Waals surface area (Å²) < 4.78 is 0. The van der Waals surface area contributed by atoms with E-state index in [1.807, 2.05) is 61.7 Å². The van der Waals surface area contributed by atoms with Gasteiger partial charge in [0.1, 0.15) is 5.82 Å². The van der Waals surface area contributed by atoms with Gasteiger partial charge in [-0.3, -0.25) is 9.59 Å². The smallest absolute Gasteiger partial charge is 0.257 e. The molecule has 192 valence electrons. The molecule has 0 aliphatic carbocycles. The van der Waals surface area contributed by atoms with Crippen LogP contribution < -0.4 is 21.3 Å². The fraction of sp³-hybridized carbons (Fsp3) is 0.393. The predicted molar refractivity (Wildman–Crippen MR) is 151 cm³/mol. The first kappa shape index (κ1) is 27.2. The van der Waals surface area contributed by atoms with Gasteiger partial charge >= 0.3 is 0 Å². The molecular weight excluding hydrogens is 470 g/mol. The molecule has 1 aliphatic heterocycles. The molecule has 8 heteroatoms. The van der Waals surface area contributed by atoms with Crippen LogP contribution in [0.4, 0.5) is 17.2 Å². The average Bonchev–Trinajstić information content (AvgIpc) is 3.42. The van der Waals surface area contributed by atoms with Gasteiger partial charge in [0, 0.05) is 37.6 Å². The molecule has 0 bridgehead atoms. The summed E-state index contributed by atoms with van der Waals surface area (Å²) in [4.78, 5) is 31.9. The van der Waals surface area contributed by atoms with Crippen molar-refractivity contribution >= 4 is 40.3 Å². The molecule has 1 saturated heterocycles. The zero-order chi connectivity index (χ0) is 26.1. The van der Waals surface area contributed by atoms with E-state index in [1.54, 1.807) is 24.5 Å². The lowest BCUT2D eigenvalue weighted by atomic mass is 9.77. The second-order valence-electron chi connectivity index (χ2n) is 9.17.